The normalized spacial score (nSPS) is 12.6. The molecule has 0 radical (unpaired) electrons. The lowest BCUT2D eigenvalue weighted by Crippen LogP contribution is -2.28. The van der Waals surface area contributed by atoms with Gasteiger partial charge in [0.1, 0.15) is 0 Å². The first-order valence-electron chi connectivity index (χ1n) is 18.1. The molecule has 1 unspecified atom stereocenters. The SMILES string of the molecule is CCCCCCCCCCCN(CCCO)CCCC(CCCCCCCC)CCCCCCCCCC. The maximum Gasteiger partial charge on any atom is 0.0443 e. The molecular weight excluding hydrogens is 462 g/mol. The Bertz CT molecular complexity index is 412. The molecule has 0 aliphatic heterocycles. The Hall–Kier alpha value is -0.0800. The number of hydrogen-bond donors (Lipinski definition) is 1. The van der Waals surface area contributed by atoms with Crippen LogP contribution in [0.1, 0.15) is 201 Å². The topological polar surface area (TPSA) is 23.5 Å². The van der Waals surface area contributed by atoms with Crippen molar-refractivity contribution in [2.75, 3.05) is 26.2 Å². The van der Waals surface area contributed by atoms with E-state index in [9.17, 15) is 5.11 Å². The quantitative estimate of drug-likeness (QED) is 0.0841. The molecule has 0 spiro atoms. The highest BCUT2D eigenvalue weighted by Gasteiger charge is 2.11. The van der Waals surface area contributed by atoms with Crippen molar-refractivity contribution in [2.45, 2.75) is 201 Å². The van der Waals surface area contributed by atoms with Crippen molar-refractivity contribution in [1.82, 2.24) is 4.90 Å². The molecule has 0 saturated carbocycles. The summed E-state index contributed by atoms with van der Waals surface area (Å²) in [6, 6.07) is 0. The zero-order chi connectivity index (χ0) is 27.8. The van der Waals surface area contributed by atoms with E-state index in [2.05, 4.69) is 25.7 Å². The molecule has 0 amide bonds. The summed E-state index contributed by atoms with van der Waals surface area (Å²) in [6.07, 6.45) is 39.4. The van der Waals surface area contributed by atoms with Gasteiger partial charge in [0.15, 0.2) is 0 Å². The maximum atomic E-state index is 9.41. The van der Waals surface area contributed by atoms with Crippen molar-refractivity contribution in [2.24, 2.45) is 5.92 Å². The molecule has 230 valence electrons. The summed E-state index contributed by atoms with van der Waals surface area (Å²) in [5, 5.41) is 9.41. The number of unbranched alkanes of at least 4 members (excludes halogenated alkanes) is 20. The molecule has 0 aromatic heterocycles. The average molecular weight is 538 g/mol. The van der Waals surface area contributed by atoms with Crippen LogP contribution in [0.3, 0.4) is 0 Å². The van der Waals surface area contributed by atoms with Crippen LogP contribution >= 0.6 is 0 Å². The van der Waals surface area contributed by atoms with Crippen molar-refractivity contribution in [3.05, 3.63) is 0 Å². The van der Waals surface area contributed by atoms with Crippen molar-refractivity contribution < 1.29 is 5.11 Å². The second-order valence-corrected chi connectivity index (χ2v) is 12.6. The molecule has 0 heterocycles. The molecule has 0 aromatic rings. The van der Waals surface area contributed by atoms with Crippen LogP contribution in [0, 0.1) is 5.92 Å². The summed E-state index contributed by atoms with van der Waals surface area (Å²) >= 11 is 0. The molecule has 0 rings (SSSR count). The molecular formula is C36H75NO. The van der Waals surface area contributed by atoms with Crippen LogP contribution in [0.4, 0.5) is 0 Å². The maximum absolute atomic E-state index is 9.41. The van der Waals surface area contributed by atoms with E-state index in [0.29, 0.717) is 6.61 Å². The number of aliphatic hydroxyl groups excluding tert-OH is 1. The predicted molar refractivity (Wildman–Crippen MR) is 173 cm³/mol. The lowest BCUT2D eigenvalue weighted by molar-refractivity contribution is 0.212. The van der Waals surface area contributed by atoms with E-state index in [4.69, 9.17) is 0 Å². The zero-order valence-electron chi connectivity index (χ0n) is 27.1. The van der Waals surface area contributed by atoms with Gasteiger partial charge in [0.05, 0.1) is 0 Å². The van der Waals surface area contributed by atoms with Gasteiger partial charge in [0, 0.05) is 13.2 Å². The summed E-state index contributed by atoms with van der Waals surface area (Å²) in [4.78, 5) is 2.68. The van der Waals surface area contributed by atoms with E-state index in [-0.39, 0.29) is 0 Å². The van der Waals surface area contributed by atoms with Crippen molar-refractivity contribution in [1.29, 1.82) is 0 Å². The van der Waals surface area contributed by atoms with Gasteiger partial charge >= 0.3 is 0 Å². The summed E-state index contributed by atoms with van der Waals surface area (Å²) in [7, 11) is 0. The fourth-order valence-electron chi connectivity index (χ4n) is 6.09. The van der Waals surface area contributed by atoms with Crippen LogP contribution in [-0.4, -0.2) is 36.2 Å². The third-order valence-corrected chi connectivity index (χ3v) is 8.73. The Morgan fingerprint density at radius 1 is 0.368 bits per heavy atom. The lowest BCUT2D eigenvalue weighted by Gasteiger charge is -2.24. The van der Waals surface area contributed by atoms with Crippen LogP contribution < -0.4 is 0 Å². The molecule has 0 saturated heterocycles. The molecule has 0 fully saturated rings. The van der Waals surface area contributed by atoms with Gasteiger partial charge in [-0.1, -0.05) is 175 Å². The number of hydrogen-bond acceptors (Lipinski definition) is 2. The number of rotatable bonds is 33. The standard InChI is InChI=1S/C36H75NO/c1-4-7-10-13-16-18-20-23-26-32-37(34-28-35-38)33-27-31-36(29-24-21-15-12-9-6-3)30-25-22-19-17-14-11-8-5-2/h36,38H,4-35H2,1-3H3. The average Bonchev–Trinajstić information content (AvgIpc) is 2.93. The van der Waals surface area contributed by atoms with Crippen molar-refractivity contribution >= 4 is 0 Å². The summed E-state index contributed by atoms with van der Waals surface area (Å²) in [5.41, 5.74) is 0. The highest BCUT2D eigenvalue weighted by atomic mass is 16.3. The van der Waals surface area contributed by atoms with Crippen LogP contribution in [0.5, 0.6) is 0 Å². The Balaban J connectivity index is 4.24. The molecule has 38 heavy (non-hydrogen) atoms. The Kier molecular flexibility index (Phi) is 33.1. The smallest absolute Gasteiger partial charge is 0.0443 e. The largest absolute Gasteiger partial charge is 0.396 e. The van der Waals surface area contributed by atoms with Gasteiger partial charge in [-0.2, -0.15) is 0 Å². The fraction of sp³-hybridized carbons (Fsp3) is 1.00. The van der Waals surface area contributed by atoms with Gasteiger partial charge in [0.2, 0.25) is 0 Å². The van der Waals surface area contributed by atoms with Crippen LogP contribution in [0.2, 0.25) is 0 Å². The number of aliphatic hydroxyl groups is 1. The number of nitrogens with zero attached hydrogens (tertiary/aromatic N) is 1. The second-order valence-electron chi connectivity index (χ2n) is 12.6. The van der Waals surface area contributed by atoms with Crippen LogP contribution in [0.25, 0.3) is 0 Å². The molecule has 1 atom stereocenters. The molecule has 0 aromatic carbocycles. The second kappa shape index (κ2) is 33.1. The van der Waals surface area contributed by atoms with Gasteiger partial charge < -0.3 is 10.0 Å². The molecule has 0 aliphatic carbocycles. The monoisotopic (exact) mass is 538 g/mol. The zero-order valence-corrected chi connectivity index (χ0v) is 27.1. The van der Waals surface area contributed by atoms with E-state index in [1.54, 1.807) is 0 Å². The minimum Gasteiger partial charge on any atom is -0.396 e. The minimum atomic E-state index is 0.341. The van der Waals surface area contributed by atoms with Crippen LogP contribution in [0.15, 0.2) is 0 Å². The molecule has 2 nitrogen and oxygen atoms in total. The highest BCUT2D eigenvalue weighted by Crippen LogP contribution is 2.24. The predicted octanol–water partition coefficient (Wildman–Crippen LogP) is 11.9. The summed E-state index contributed by atoms with van der Waals surface area (Å²) < 4.78 is 0. The fourth-order valence-corrected chi connectivity index (χ4v) is 6.09. The van der Waals surface area contributed by atoms with Gasteiger partial charge in [-0.25, -0.2) is 0 Å². The van der Waals surface area contributed by atoms with E-state index in [1.165, 1.54) is 186 Å². The Labute approximate surface area is 242 Å². The van der Waals surface area contributed by atoms with E-state index in [1.807, 2.05) is 0 Å². The van der Waals surface area contributed by atoms with Crippen LogP contribution in [-0.2, 0) is 0 Å². The molecule has 0 aliphatic rings. The summed E-state index contributed by atoms with van der Waals surface area (Å²) in [6.45, 7) is 10.9. The van der Waals surface area contributed by atoms with Gasteiger partial charge in [0.25, 0.3) is 0 Å². The summed E-state index contributed by atoms with van der Waals surface area (Å²) in [5.74, 6) is 0.952. The van der Waals surface area contributed by atoms with E-state index in [0.717, 1.165) is 18.9 Å². The molecule has 2 heteroatoms. The first kappa shape index (κ1) is 37.9. The van der Waals surface area contributed by atoms with E-state index < -0.39 is 0 Å². The van der Waals surface area contributed by atoms with Crippen molar-refractivity contribution in [3.63, 3.8) is 0 Å². The first-order valence-corrected chi connectivity index (χ1v) is 18.1. The minimum absolute atomic E-state index is 0.341. The Morgan fingerprint density at radius 3 is 1.11 bits per heavy atom. The van der Waals surface area contributed by atoms with Gasteiger partial charge in [-0.3, -0.25) is 0 Å². The highest BCUT2D eigenvalue weighted by molar-refractivity contribution is 4.65. The first-order chi connectivity index (χ1) is 18.8. The molecule has 1 N–H and O–H groups in total. The van der Waals surface area contributed by atoms with E-state index >= 15 is 0 Å². The lowest BCUT2D eigenvalue weighted by atomic mass is 9.90. The Morgan fingerprint density at radius 2 is 0.684 bits per heavy atom. The molecule has 0 bridgehead atoms. The van der Waals surface area contributed by atoms with Gasteiger partial charge in [-0.15, -0.1) is 0 Å². The third kappa shape index (κ3) is 28.9. The van der Waals surface area contributed by atoms with Crippen molar-refractivity contribution in [3.8, 4) is 0 Å². The third-order valence-electron chi connectivity index (χ3n) is 8.73. The van der Waals surface area contributed by atoms with Gasteiger partial charge in [-0.05, 0) is 44.7 Å².